The van der Waals surface area contributed by atoms with E-state index in [2.05, 4.69) is 18.9 Å². The molecule has 2 heteroatoms. The van der Waals surface area contributed by atoms with Crippen molar-refractivity contribution in [3.8, 4) is 0 Å². The summed E-state index contributed by atoms with van der Waals surface area (Å²) < 4.78 is 0. The van der Waals surface area contributed by atoms with E-state index in [4.69, 9.17) is 5.73 Å². The Balaban J connectivity index is 2.27. The van der Waals surface area contributed by atoms with Gasteiger partial charge in [-0.2, -0.15) is 0 Å². The molecular weight excluding hydrogens is 136 g/mol. The van der Waals surface area contributed by atoms with Crippen LogP contribution in [0.5, 0.6) is 0 Å². The van der Waals surface area contributed by atoms with Crippen LogP contribution in [0.1, 0.15) is 19.8 Å². The second kappa shape index (κ2) is 4.07. The summed E-state index contributed by atoms with van der Waals surface area (Å²) in [4.78, 5) is 2.40. The van der Waals surface area contributed by atoms with Crippen LogP contribution >= 0.6 is 0 Å². The highest BCUT2D eigenvalue weighted by atomic mass is 15.1. The van der Waals surface area contributed by atoms with Gasteiger partial charge in [0.1, 0.15) is 0 Å². The van der Waals surface area contributed by atoms with Gasteiger partial charge in [-0.3, -0.25) is 0 Å². The molecule has 2 N–H and O–H groups in total. The smallest absolute Gasteiger partial charge is 0.00190 e. The van der Waals surface area contributed by atoms with E-state index < -0.39 is 0 Å². The number of hydrogen-bond donors (Lipinski definition) is 1. The van der Waals surface area contributed by atoms with Gasteiger partial charge in [-0.25, -0.2) is 0 Å². The normalized spacial score (nSPS) is 25.4. The third kappa shape index (κ3) is 2.46. The molecule has 1 fully saturated rings. The third-order valence-corrected chi connectivity index (χ3v) is 2.94. The van der Waals surface area contributed by atoms with Crippen molar-refractivity contribution < 1.29 is 0 Å². The maximum absolute atomic E-state index is 5.62. The Labute approximate surface area is 69.8 Å². The van der Waals surface area contributed by atoms with Gasteiger partial charge in [-0.15, -0.1) is 0 Å². The van der Waals surface area contributed by atoms with E-state index in [9.17, 15) is 0 Å². The summed E-state index contributed by atoms with van der Waals surface area (Å²) in [5, 5.41) is 0. The van der Waals surface area contributed by atoms with Crippen molar-refractivity contribution in [3.05, 3.63) is 0 Å². The number of piperidine rings is 1. The van der Waals surface area contributed by atoms with Crippen LogP contribution in [0.25, 0.3) is 0 Å². The molecule has 0 aromatic rings. The lowest BCUT2D eigenvalue weighted by Gasteiger charge is -2.32. The molecule has 0 radical (unpaired) electrons. The molecule has 1 aliphatic rings. The Hall–Kier alpha value is -0.0800. The van der Waals surface area contributed by atoms with E-state index in [-0.39, 0.29) is 0 Å². The molecule has 0 bridgehead atoms. The molecule has 0 aromatic heterocycles. The summed E-state index contributed by atoms with van der Waals surface area (Å²) in [6, 6.07) is 0. The quantitative estimate of drug-likeness (QED) is 0.644. The first-order valence-corrected chi connectivity index (χ1v) is 4.62. The average molecular weight is 156 g/mol. The summed E-state index contributed by atoms with van der Waals surface area (Å²) in [5.41, 5.74) is 5.62. The molecular formula is C9H20N2. The third-order valence-electron chi connectivity index (χ3n) is 2.94. The van der Waals surface area contributed by atoms with Crippen LogP contribution in [-0.2, 0) is 0 Å². The predicted octanol–water partition coefficient (Wildman–Crippen LogP) is 0.923. The minimum Gasteiger partial charge on any atom is -0.330 e. The first kappa shape index (κ1) is 9.01. The van der Waals surface area contributed by atoms with Crippen molar-refractivity contribution in [2.45, 2.75) is 19.8 Å². The van der Waals surface area contributed by atoms with Crippen molar-refractivity contribution in [3.63, 3.8) is 0 Å². The van der Waals surface area contributed by atoms with Crippen molar-refractivity contribution in [2.24, 2.45) is 17.6 Å². The number of rotatable bonds is 2. The van der Waals surface area contributed by atoms with Gasteiger partial charge in [-0.1, -0.05) is 6.92 Å². The van der Waals surface area contributed by atoms with E-state index >= 15 is 0 Å². The SMILES string of the molecule is CC(CN)C1CCN(C)CC1. The average Bonchev–Trinajstić information content (AvgIpc) is 2.05. The molecule has 1 saturated heterocycles. The van der Waals surface area contributed by atoms with Gasteiger partial charge in [0, 0.05) is 0 Å². The van der Waals surface area contributed by atoms with Gasteiger partial charge in [0.15, 0.2) is 0 Å². The molecule has 1 unspecified atom stereocenters. The van der Waals surface area contributed by atoms with Crippen LogP contribution in [0.2, 0.25) is 0 Å². The summed E-state index contributed by atoms with van der Waals surface area (Å²) in [6.07, 6.45) is 2.68. The van der Waals surface area contributed by atoms with E-state index in [1.54, 1.807) is 0 Å². The minimum absolute atomic E-state index is 0.726. The second-order valence-corrected chi connectivity index (χ2v) is 3.85. The number of hydrogen-bond acceptors (Lipinski definition) is 2. The highest BCUT2D eigenvalue weighted by Crippen LogP contribution is 2.22. The molecule has 2 nitrogen and oxygen atoms in total. The molecule has 1 atom stereocenters. The topological polar surface area (TPSA) is 29.3 Å². The first-order valence-electron chi connectivity index (χ1n) is 4.62. The fourth-order valence-electron chi connectivity index (χ4n) is 1.79. The van der Waals surface area contributed by atoms with Crippen LogP contribution < -0.4 is 5.73 Å². The fourth-order valence-corrected chi connectivity index (χ4v) is 1.79. The molecule has 1 heterocycles. The monoisotopic (exact) mass is 156 g/mol. The summed E-state index contributed by atoms with van der Waals surface area (Å²) >= 11 is 0. The number of likely N-dealkylation sites (tertiary alicyclic amines) is 1. The predicted molar refractivity (Wildman–Crippen MR) is 48.4 cm³/mol. The van der Waals surface area contributed by atoms with Gasteiger partial charge in [0.05, 0.1) is 0 Å². The number of nitrogens with two attached hydrogens (primary N) is 1. The van der Waals surface area contributed by atoms with Crippen LogP contribution in [0, 0.1) is 11.8 Å². The van der Waals surface area contributed by atoms with Crippen LogP contribution in [0.3, 0.4) is 0 Å². The van der Waals surface area contributed by atoms with Crippen molar-refractivity contribution >= 4 is 0 Å². The highest BCUT2D eigenvalue weighted by Gasteiger charge is 2.20. The van der Waals surface area contributed by atoms with Gasteiger partial charge in [0.2, 0.25) is 0 Å². The lowest BCUT2D eigenvalue weighted by atomic mass is 9.86. The van der Waals surface area contributed by atoms with E-state index in [0.717, 1.165) is 18.4 Å². The standard InChI is InChI=1S/C9H20N2/c1-8(7-10)9-3-5-11(2)6-4-9/h8-9H,3-7,10H2,1-2H3. The van der Waals surface area contributed by atoms with E-state index in [1.165, 1.54) is 25.9 Å². The molecule has 0 saturated carbocycles. The maximum Gasteiger partial charge on any atom is -0.00190 e. The largest absolute Gasteiger partial charge is 0.330 e. The molecule has 66 valence electrons. The molecule has 0 aliphatic carbocycles. The Bertz CT molecular complexity index is 106. The molecule has 1 rings (SSSR count). The van der Waals surface area contributed by atoms with Crippen molar-refractivity contribution in [1.82, 2.24) is 4.90 Å². The van der Waals surface area contributed by atoms with Gasteiger partial charge < -0.3 is 10.6 Å². The molecule has 11 heavy (non-hydrogen) atoms. The highest BCUT2D eigenvalue weighted by molar-refractivity contribution is 4.74. The zero-order valence-electron chi connectivity index (χ0n) is 7.71. The lowest BCUT2D eigenvalue weighted by Crippen LogP contribution is -2.34. The Morgan fingerprint density at radius 1 is 1.45 bits per heavy atom. The van der Waals surface area contributed by atoms with Crippen molar-refractivity contribution in [2.75, 3.05) is 26.7 Å². The summed E-state index contributed by atoms with van der Waals surface area (Å²) in [5.74, 6) is 1.61. The summed E-state index contributed by atoms with van der Waals surface area (Å²) in [7, 11) is 2.20. The number of nitrogens with zero attached hydrogens (tertiary/aromatic N) is 1. The Morgan fingerprint density at radius 3 is 2.45 bits per heavy atom. The van der Waals surface area contributed by atoms with E-state index in [1.807, 2.05) is 0 Å². The zero-order valence-corrected chi connectivity index (χ0v) is 7.71. The van der Waals surface area contributed by atoms with E-state index in [0.29, 0.717) is 0 Å². The molecule has 1 aliphatic heterocycles. The summed E-state index contributed by atoms with van der Waals surface area (Å²) in [6.45, 7) is 5.65. The minimum atomic E-state index is 0.726. The molecule has 0 spiro atoms. The first-order chi connectivity index (χ1) is 5.24. The van der Waals surface area contributed by atoms with Crippen LogP contribution in [-0.4, -0.2) is 31.6 Å². The second-order valence-electron chi connectivity index (χ2n) is 3.85. The zero-order chi connectivity index (χ0) is 8.27. The molecule has 0 amide bonds. The van der Waals surface area contributed by atoms with Gasteiger partial charge >= 0.3 is 0 Å². The van der Waals surface area contributed by atoms with Gasteiger partial charge in [-0.05, 0) is 51.4 Å². The molecule has 0 aromatic carbocycles. The Morgan fingerprint density at radius 2 is 2.00 bits per heavy atom. The Kier molecular flexibility index (Phi) is 3.34. The lowest BCUT2D eigenvalue weighted by molar-refractivity contribution is 0.181. The van der Waals surface area contributed by atoms with Crippen LogP contribution in [0.4, 0.5) is 0 Å². The maximum atomic E-state index is 5.62. The van der Waals surface area contributed by atoms with Crippen LogP contribution in [0.15, 0.2) is 0 Å². The van der Waals surface area contributed by atoms with Crippen molar-refractivity contribution in [1.29, 1.82) is 0 Å². The fraction of sp³-hybridized carbons (Fsp3) is 1.00. The van der Waals surface area contributed by atoms with Gasteiger partial charge in [0.25, 0.3) is 0 Å².